The van der Waals surface area contributed by atoms with E-state index in [1.165, 1.54) is 18.6 Å². The SMILES string of the molecule is O=C(C1CCCN1CC(=O)N(Cc1ccc(F)cc1)C1CCCCC1)N1CCSCC1. The van der Waals surface area contributed by atoms with Crippen molar-refractivity contribution in [3.8, 4) is 0 Å². The highest BCUT2D eigenvalue weighted by Crippen LogP contribution is 2.26. The fourth-order valence-electron chi connectivity index (χ4n) is 5.15. The molecule has 0 bridgehead atoms. The largest absolute Gasteiger partial charge is 0.340 e. The van der Waals surface area contributed by atoms with Gasteiger partial charge in [0.05, 0.1) is 12.6 Å². The maximum absolute atomic E-state index is 13.5. The Balaban J connectivity index is 1.44. The van der Waals surface area contributed by atoms with Gasteiger partial charge < -0.3 is 9.80 Å². The zero-order chi connectivity index (χ0) is 21.6. The van der Waals surface area contributed by atoms with Crippen molar-refractivity contribution in [1.82, 2.24) is 14.7 Å². The van der Waals surface area contributed by atoms with Gasteiger partial charge in [0.2, 0.25) is 11.8 Å². The molecule has 170 valence electrons. The molecule has 31 heavy (non-hydrogen) atoms. The Kier molecular flexibility index (Phi) is 7.88. The number of nitrogens with zero attached hydrogens (tertiary/aromatic N) is 3. The van der Waals surface area contributed by atoms with Crippen LogP contribution in [0.2, 0.25) is 0 Å². The van der Waals surface area contributed by atoms with Gasteiger partial charge in [0, 0.05) is 37.2 Å². The van der Waals surface area contributed by atoms with Crippen molar-refractivity contribution in [3.05, 3.63) is 35.6 Å². The Bertz CT molecular complexity index is 748. The summed E-state index contributed by atoms with van der Waals surface area (Å²) in [5.74, 6) is 2.06. The predicted molar refractivity (Wildman–Crippen MR) is 122 cm³/mol. The average Bonchev–Trinajstić information content (AvgIpc) is 3.27. The molecular formula is C24H34FN3O2S. The van der Waals surface area contributed by atoms with Crippen molar-refractivity contribution >= 4 is 23.6 Å². The van der Waals surface area contributed by atoms with Gasteiger partial charge in [-0.3, -0.25) is 14.5 Å². The zero-order valence-electron chi connectivity index (χ0n) is 18.3. The van der Waals surface area contributed by atoms with Gasteiger partial charge in [0.25, 0.3) is 0 Å². The van der Waals surface area contributed by atoms with E-state index in [0.717, 1.165) is 75.2 Å². The number of thioether (sulfide) groups is 1. The molecule has 5 nitrogen and oxygen atoms in total. The summed E-state index contributed by atoms with van der Waals surface area (Å²) in [5.41, 5.74) is 0.959. The second kappa shape index (κ2) is 10.8. The lowest BCUT2D eigenvalue weighted by molar-refractivity contribution is -0.140. The number of amides is 2. The summed E-state index contributed by atoms with van der Waals surface area (Å²) < 4.78 is 13.4. The molecule has 2 heterocycles. The fourth-order valence-corrected chi connectivity index (χ4v) is 6.06. The lowest BCUT2D eigenvalue weighted by Gasteiger charge is -2.37. The van der Waals surface area contributed by atoms with Crippen molar-refractivity contribution in [2.75, 3.05) is 37.7 Å². The summed E-state index contributed by atoms with van der Waals surface area (Å²) in [4.78, 5) is 32.7. The molecule has 2 saturated heterocycles. The summed E-state index contributed by atoms with van der Waals surface area (Å²) >= 11 is 1.90. The number of rotatable bonds is 6. The lowest BCUT2D eigenvalue weighted by Crippen LogP contribution is -2.52. The second-order valence-corrected chi connectivity index (χ2v) is 10.2. The highest BCUT2D eigenvalue weighted by Gasteiger charge is 2.36. The van der Waals surface area contributed by atoms with Gasteiger partial charge in [-0.1, -0.05) is 31.4 Å². The van der Waals surface area contributed by atoms with E-state index < -0.39 is 0 Å². The number of hydrogen-bond acceptors (Lipinski definition) is 4. The van der Waals surface area contributed by atoms with Crippen LogP contribution in [-0.2, 0) is 16.1 Å². The van der Waals surface area contributed by atoms with Crippen LogP contribution in [0.3, 0.4) is 0 Å². The smallest absolute Gasteiger partial charge is 0.239 e. The van der Waals surface area contributed by atoms with Gasteiger partial charge in [0.15, 0.2) is 0 Å². The fraction of sp³-hybridized carbons (Fsp3) is 0.667. The number of likely N-dealkylation sites (tertiary alicyclic amines) is 1. The van der Waals surface area contributed by atoms with E-state index >= 15 is 0 Å². The summed E-state index contributed by atoms with van der Waals surface area (Å²) in [6, 6.07) is 6.55. The number of benzene rings is 1. The normalized spacial score (nSPS) is 23.1. The molecule has 7 heteroatoms. The molecule has 2 aliphatic heterocycles. The van der Waals surface area contributed by atoms with Crippen molar-refractivity contribution in [1.29, 1.82) is 0 Å². The van der Waals surface area contributed by atoms with Crippen molar-refractivity contribution in [2.24, 2.45) is 0 Å². The van der Waals surface area contributed by atoms with Crippen LogP contribution in [0.15, 0.2) is 24.3 Å². The minimum atomic E-state index is -0.256. The average molecular weight is 448 g/mol. The number of halogens is 1. The van der Waals surface area contributed by atoms with Crippen LogP contribution in [-0.4, -0.2) is 76.3 Å². The molecule has 4 rings (SSSR count). The minimum Gasteiger partial charge on any atom is -0.340 e. The Hall–Kier alpha value is -1.60. The summed E-state index contributed by atoms with van der Waals surface area (Å²) in [5, 5.41) is 0. The Morgan fingerprint density at radius 2 is 1.68 bits per heavy atom. The van der Waals surface area contributed by atoms with E-state index in [0.29, 0.717) is 13.1 Å². The molecule has 1 aromatic carbocycles. The summed E-state index contributed by atoms with van der Waals surface area (Å²) in [6.07, 6.45) is 7.39. The molecule has 1 aliphatic carbocycles. The first-order valence-electron chi connectivity index (χ1n) is 11.8. The quantitative estimate of drug-likeness (QED) is 0.669. The molecule has 1 saturated carbocycles. The molecule has 1 aromatic rings. The molecule has 0 N–H and O–H groups in total. The molecule has 3 fully saturated rings. The van der Waals surface area contributed by atoms with Gasteiger partial charge in [-0.25, -0.2) is 4.39 Å². The second-order valence-electron chi connectivity index (χ2n) is 9.01. The maximum atomic E-state index is 13.5. The van der Waals surface area contributed by atoms with Crippen molar-refractivity contribution in [2.45, 2.75) is 63.6 Å². The summed E-state index contributed by atoms with van der Waals surface area (Å²) in [6.45, 7) is 3.26. The van der Waals surface area contributed by atoms with E-state index in [1.54, 1.807) is 12.1 Å². The highest BCUT2D eigenvalue weighted by atomic mass is 32.2. The van der Waals surface area contributed by atoms with Crippen LogP contribution in [0.5, 0.6) is 0 Å². The molecular weight excluding hydrogens is 413 g/mol. The monoisotopic (exact) mass is 447 g/mol. The predicted octanol–water partition coefficient (Wildman–Crippen LogP) is 3.53. The van der Waals surface area contributed by atoms with Gasteiger partial charge in [-0.2, -0.15) is 11.8 Å². The molecule has 1 unspecified atom stereocenters. The number of carbonyl (C=O) groups is 2. The van der Waals surface area contributed by atoms with Crippen LogP contribution < -0.4 is 0 Å². The van der Waals surface area contributed by atoms with Gasteiger partial charge in [-0.05, 0) is 49.9 Å². The van der Waals surface area contributed by atoms with Crippen LogP contribution >= 0.6 is 11.8 Å². The van der Waals surface area contributed by atoms with Crippen LogP contribution in [0, 0.1) is 5.82 Å². The molecule has 0 spiro atoms. The Labute approximate surface area is 189 Å². The maximum Gasteiger partial charge on any atom is 0.239 e. The van der Waals surface area contributed by atoms with E-state index in [-0.39, 0.29) is 29.7 Å². The van der Waals surface area contributed by atoms with Gasteiger partial charge in [0.1, 0.15) is 5.82 Å². The van der Waals surface area contributed by atoms with Crippen molar-refractivity contribution in [3.63, 3.8) is 0 Å². The third-order valence-corrected chi connectivity index (χ3v) is 7.85. The number of carbonyl (C=O) groups excluding carboxylic acids is 2. The molecule has 0 aromatic heterocycles. The van der Waals surface area contributed by atoms with Gasteiger partial charge in [-0.15, -0.1) is 0 Å². The third-order valence-electron chi connectivity index (χ3n) is 6.91. The Morgan fingerprint density at radius 1 is 0.968 bits per heavy atom. The topological polar surface area (TPSA) is 43.9 Å². The molecule has 2 amide bonds. The van der Waals surface area contributed by atoms with Crippen LogP contribution in [0.25, 0.3) is 0 Å². The summed E-state index contributed by atoms with van der Waals surface area (Å²) in [7, 11) is 0. The first-order chi connectivity index (χ1) is 15.1. The van der Waals surface area contributed by atoms with E-state index in [2.05, 4.69) is 4.90 Å². The first kappa shape index (κ1) is 22.6. The minimum absolute atomic E-state index is 0.102. The van der Waals surface area contributed by atoms with E-state index in [9.17, 15) is 14.0 Å². The molecule has 0 radical (unpaired) electrons. The van der Waals surface area contributed by atoms with E-state index in [1.807, 2.05) is 21.6 Å². The van der Waals surface area contributed by atoms with Gasteiger partial charge >= 0.3 is 0 Å². The van der Waals surface area contributed by atoms with Crippen molar-refractivity contribution < 1.29 is 14.0 Å². The third kappa shape index (κ3) is 5.80. The zero-order valence-corrected chi connectivity index (χ0v) is 19.1. The van der Waals surface area contributed by atoms with Crippen LogP contribution in [0.1, 0.15) is 50.5 Å². The Morgan fingerprint density at radius 3 is 2.39 bits per heavy atom. The lowest BCUT2D eigenvalue weighted by atomic mass is 9.93. The standard InChI is InChI=1S/C24H34FN3O2S/c25-20-10-8-19(9-11-20)17-28(21-5-2-1-3-6-21)23(29)18-27-12-4-7-22(27)24(30)26-13-15-31-16-14-26/h8-11,21-22H,1-7,12-18H2. The van der Waals surface area contributed by atoms with Crippen LogP contribution in [0.4, 0.5) is 4.39 Å². The molecule has 1 atom stereocenters. The highest BCUT2D eigenvalue weighted by molar-refractivity contribution is 7.99. The number of hydrogen-bond donors (Lipinski definition) is 0. The first-order valence-corrected chi connectivity index (χ1v) is 12.9. The molecule has 3 aliphatic rings. The van der Waals surface area contributed by atoms with E-state index in [4.69, 9.17) is 0 Å².